The maximum atomic E-state index is 10.9. The van der Waals surface area contributed by atoms with Crippen LogP contribution in [0.1, 0.15) is 17.4 Å². The molecule has 1 aromatic rings. The number of hydrogen-bond donors (Lipinski definition) is 1. The van der Waals surface area contributed by atoms with E-state index >= 15 is 0 Å². The highest BCUT2D eigenvalue weighted by atomic mass is 127. The lowest BCUT2D eigenvalue weighted by Gasteiger charge is -2.10. The maximum Gasteiger partial charge on any atom is 0.352 e. The minimum atomic E-state index is -0.860. The highest BCUT2D eigenvalue weighted by Crippen LogP contribution is 2.15. The van der Waals surface area contributed by atoms with E-state index in [9.17, 15) is 4.79 Å². The topological polar surface area (TPSA) is 42.2 Å². The van der Waals surface area contributed by atoms with Gasteiger partial charge in [0.15, 0.2) is 0 Å². The van der Waals surface area contributed by atoms with Crippen molar-refractivity contribution >= 4 is 40.3 Å². The van der Waals surface area contributed by atoms with Crippen LogP contribution >= 0.6 is 34.4 Å². The molecule has 1 unspecified atom stereocenters. The van der Waals surface area contributed by atoms with Crippen molar-refractivity contribution in [2.24, 2.45) is 0 Å². The van der Waals surface area contributed by atoms with E-state index in [0.717, 1.165) is 10.1 Å². The summed E-state index contributed by atoms with van der Waals surface area (Å²) >= 11 is 3.86. The SMILES string of the molecule is CSC(C)Cn1cc(I)cc1C(=O)O. The van der Waals surface area contributed by atoms with E-state index in [0.29, 0.717) is 10.9 Å². The van der Waals surface area contributed by atoms with Gasteiger partial charge in [-0.25, -0.2) is 4.79 Å². The van der Waals surface area contributed by atoms with Crippen LogP contribution in [0.25, 0.3) is 0 Å². The number of carboxylic acid groups (broad SMARTS) is 1. The summed E-state index contributed by atoms with van der Waals surface area (Å²) in [6, 6.07) is 1.69. The van der Waals surface area contributed by atoms with Crippen LogP contribution in [-0.4, -0.2) is 27.1 Å². The second-order valence-corrected chi connectivity index (χ2v) is 5.57. The van der Waals surface area contributed by atoms with Crippen molar-refractivity contribution in [1.82, 2.24) is 4.57 Å². The van der Waals surface area contributed by atoms with Crippen LogP contribution in [0.15, 0.2) is 12.3 Å². The molecule has 0 aliphatic rings. The third kappa shape index (κ3) is 2.91. The number of hydrogen-bond acceptors (Lipinski definition) is 2. The van der Waals surface area contributed by atoms with E-state index in [2.05, 4.69) is 29.5 Å². The summed E-state index contributed by atoms with van der Waals surface area (Å²) in [6.45, 7) is 2.83. The molecule has 0 saturated heterocycles. The summed E-state index contributed by atoms with van der Waals surface area (Å²) in [7, 11) is 0. The number of carboxylic acids is 1. The van der Waals surface area contributed by atoms with Crippen molar-refractivity contribution in [2.75, 3.05) is 6.26 Å². The third-order valence-electron chi connectivity index (χ3n) is 1.94. The van der Waals surface area contributed by atoms with Crippen LogP contribution in [0.2, 0.25) is 0 Å². The summed E-state index contributed by atoms with van der Waals surface area (Å²) < 4.78 is 2.76. The van der Waals surface area contributed by atoms with Crippen LogP contribution in [0, 0.1) is 3.57 Å². The fourth-order valence-corrected chi connectivity index (χ4v) is 2.10. The van der Waals surface area contributed by atoms with Gasteiger partial charge in [0.05, 0.1) is 0 Å². The van der Waals surface area contributed by atoms with Crippen molar-refractivity contribution < 1.29 is 9.90 Å². The number of carbonyl (C=O) groups is 1. The Morgan fingerprint density at radius 3 is 2.93 bits per heavy atom. The van der Waals surface area contributed by atoms with E-state index in [1.807, 2.05) is 12.5 Å². The molecule has 1 N–H and O–H groups in total. The Hall–Kier alpha value is -0.170. The quantitative estimate of drug-likeness (QED) is 0.865. The molecule has 0 aliphatic heterocycles. The Bertz CT molecular complexity index is 338. The molecule has 14 heavy (non-hydrogen) atoms. The van der Waals surface area contributed by atoms with Gasteiger partial charge in [-0.05, 0) is 34.9 Å². The first-order valence-corrected chi connectivity index (χ1v) is 6.53. The lowest BCUT2D eigenvalue weighted by molar-refractivity contribution is 0.0685. The number of thioether (sulfide) groups is 1. The predicted octanol–water partition coefficient (Wildman–Crippen LogP) is 2.54. The van der Waals surface area contributed by atoms with Crippen LogP contribution in [-0.2, 0) is 6.54 Å². The first-order chi connectivity index (χ1) is 6.54. The lowest BCUT2D eigenvalue weighted by atomic mass is 10.4. The second kappa shape index (κ2) is 5.06. The van der Waals surface area contributed by atoms with Crippen LogP contribution in [0.3, 0.4) is 0 Å². The first-order valence-electron chi connectivity index (χ1n) is 4.16. The molecule has 3 nitrogen and oxygen atoms in total. The molecule has 0 amide bonds. The van der Waals surface area contributed by atoms with Crippen molar-refractivity contribution in [3.63, 3.8) is 0 Å². The fraction of sp³-hybridized carbons (Fsp3) is 0.444. The molecule has 5 heteroatoms. The lowest BCUT2D eigenvalue weighted by Crippen LogP contribution is -2.13. The van der Waals surface area contributed by atoms with Gasteiger partial charge < -0.3 is 9.67 Å². The van der Waals surface area contributed by atoms with E-state index in [4.69, 9.17) is 5.11 Å². The monoisotopic (exact) mass is 325 g/mol. The van der Waals surface area contributed by atoms with Gasteiger partial charge in [-0.1, -0.05) is 6.92 Å². The molecule has 0 aliphatic carbocycles. The Balaban J connectivity index is 2.89. The Labute approximate surface area is 101 Å². The summed E-state index contributed by atoms with van der Waals surface area (Å²) in [4.78, 5) is 10.9. The second-order valence-electron chi connectivity index (χ2n) is 3.05. The Morgan fingerprint density at radius 2 is 2.43 bits per heavy atom. The molecule has 1 heterocycles. The van der Waals surface area contributed by atoms with Gasteiger partial charge in [0, 0.05) is 21.6 Å². The minimum absolute atomic E-state index is 0.371. The molecular weight excluding hydrogens is 313 g/mol. The smallest absolute Gasteiger partial charge is 0.352 e. The highest BCUT2D eigenvalue weighted by molar-refractivity contribution is 14.1. The van der Waals surface area contributed by atoms with E-state index in [-0.39, 0.29) is 0 Å². The van der Waals surface area contributed by atoms with Crippen LogP contribution < -0.4 is 0 Å². The average Bonchev–Trinajstić information content (AvgIpc) is 2.46. The van der Waals surface area contributed by atoms with Gasteiger partial charge in [-0.2, -0.15) is 11.8 Å². The van der Waals surface area contributed by atoms with Crippen molar-refractivity contribution in [3.05, 3.63) is 21.5 Å². The molecule has 0 bridgehead atoms. The standard InChI is InChI=1S/C9H12INO2S/c1-6(14-2)4-11-5-7(10)3-8(11)9(12)13/h3,5-6H,4H2,1-2H3,(H,12,13). The summed E-state index contributed by atoms with van der Waals surface area (Å²) in [5.74, 6) is -0.860. The average molecular weight is 325 g/mol. The number of aromatic nitrogens is 1. The number of halogens is 1. The Kier molecular flexibility index (Phi) is 4.31. The summed E-state index contributed by atoms with van der Waals surface area (Å²) in [6.07, 6.45) is 3.90. The largest absolute Gasteiger partial charge is 0.477 e. The summed E-state index contributed by atoms with van der Waals surface area (Å²) in [5.41, 5.74) is 0.371. The van der Waals surface area contributed by atoms with E-state index in [1.54, 1.807) is 22.4 Å². The van der Waals surface area contributed by atoms with Gasteiger partial charge >= 0.3 is 5.97 Å². The molecule has 1 aromatic heterocycles. The zero-order valence-electron chi connectivity index (χ0n) is 8.03. The van der Waals surface area contributed by atoms with Gasteiger partial charge in [0.2, 0.25) is 0 Å². The van der Waals surface area contributed by atoms with E-state index < -0.39 is 5.97 Å². The molecule has 78 valence electrons. The molecule has 0 fully saturated rings. The Morgan fingerprint density at radius 1 is 1.79 bits per heavy atom. The van der Waals surface area contributed by atoms with Crippen LogP contribution in [0.5, 0.6) is 0 Å². The fourth-order valence-electron chi connectivity index (χ4n) is 1.16. The third-order valence-corrected chi connectivity index (χ3v) is 3.48. The zero-order chi connectivity index (χ0) is 10.7. The van der Waals surface area contributed by atoms with Gasteiger partial charge in [0.1, 0.15) is 5.69 Å². The number of aromatic carboxylic acids is 1. The van der Waals surface area contributed by atoms with Gasteiger partial charge in [0.25, 0.3) is 0 Å². The van der Waals surface area contributed by atoms with Gasteiger partial charge in [-0.3, -0.25) is 0 Å². The maximum absolute atomic E-state index is 10.9. The van der Waals surface area contributed by atoms with Crippen LogP contribution in [0.4, 0.5) is 0 Å². The minimum Gasteiger partial charge on any atom is -0.477 e. The first kappa shape index (κ1) is 11.9. The predicted molar refractivity (Wildman–Crippen MR) is 67.1 cm³/mol. The number of rotatable bonds is 4. The van der Waals surface area contributed by atoms with Crippen molar-refractivity contribution in [2.45, 2.75) is 18.7 Å². The van der Waals surface area contributed by atoms with Gasteiger partial charge in [-0.15, -0.1) is 0 Å². The molecule has 0 saturated carbocycles. The van der Waals surface area contributed by atoms with Crippen molar-refractivity contribution in [3.8, 4) is 0 Å². The molecule has 1 atom stereocenters. The molecule has 0 aromatic carbocycles. The zero-order valence-corrected chi connectivity index (χ0v) is 11.0. The highest BCUT2D eigenvalue weighted by Gasteiger charge is 2.12. The van der Waals surface area contributed by atoms with E-state index in [1.165, 1.54) is 0 Å². The van der Waals surface area contributed by atoms with Crippen molar-refractivity contribution in [1.29, 1.82) is 0 Å². The molecule has 0 radical (unpaired) electrons. The summed E-state index contributed by atoms with van der Waals surface area (Å²) in [5, 5.41) is 9.36. The molecular formula is C9H12INO2S. The normalized spacial score (nSPS) is 12.8. The molecule has 0 spiro atoms. The number of nitrogens with zero attached hydrogens (tertiary/aromatic N) is 1. The molecule has 1 rings (SSSR count).